The summed E-state index contributed by atoms with van der Waals surface area (Å²) in [5.74, 6) is -0.313. The normalized spacial score (nSPS) is 11.6. The second-order valence-electron chi connectivity index (χ2n) is 4.75. The first-order valence-corrected chi connectivity index (χ1v) is 6.88. The number of carbonyl (C=O) groups excluding carboxylic acids is 1. The standard InChI is InChI=1S/C16H21NO2/c1-3-4-5-6-7-13(2)19-16(18)15-10-8-14(12-17)9-11-15/h8-11,13H,3-7H2,1-2H3. The third-order valence-electron chi connectivity index (χ3n) is 3.02. The van der Waals surface area contributed by atoms with E-state index in [-0.39, 0.29) is 12.1 Å². The molecular formula is C16H21NO2. The van der Waals surface area contributed by atoms with Crippen LogP contribution in [0.1, 0.15) is 61.9 Å². The molecule has 0 fully saturated rings. The van der Waals surface area contributed by atoms with E-state index in [2.05, 4.69) is 6.92 Å². The van der Waals surface area contributed by atoms with Gasteiger partial charge in [0.2, 0.25) is 0 Å². The molecule has 0 saturated heterocycles. The number of unbranched alkanes of at least 4 members (excludes halogenated alkanes) is 3. The fourth-order valence-corrected chi connectivity index (χ4v) is 1.85. The lowest BCUT2D eigenvalue weighted by atomic mass is 10.1. The molecule has 1 unspecified atom stereocenters. The number of benzene rings is 1. The molecule has 102 valence electrons. The van der Waals surface area contributed by atoms with Crippen molar-refractivity contribution < 1.29 is 9.53 Å². The third-order valence-corrected chi connectivity index (χ3v) is 3.02. The van der Waals surface area contributed by atoms with E-state index in [1.165, 1.54) is 19.3 Å². The van der Waals surface area contributed by atoms with Gasteiger partial charge in [-0.2, -0.15) is 5.26 Å². The minimum Gasteiger partial charge on any atom is -0.459 e. The summed E-state index contributed by atoms with van der Waals surface area (Å²) in [5.41, 5.74) is 1.04. The highest BCUT2D eigenvalue weighted by atomic mass is 16.5. The van der Waals surface area contributed by atoms with Crippen molar-refractivity contribution in [3.63, 3.8) is 0 Å². The summed E-state index contributed by atoms with van der Waals surface area (Å²) >= 11 is 0. The second-order valence-corrected chi connectivity index (χ2v) is 4.75. The molecule has 0 heterocycles. The van der Waals surface area contributed by atoms with Crippen LogP contribution < -0.4 is 0 Å². The van der Waals surface area contributed by atoms with Gasteiger partial charge in [-0.15, -0.1) is 0 Å². The minimum absolute atomic E-state index is 0.0556. The molecule has 1 aromatic carbocycles. The molecule has 3 nitrogen and oxygen atoms in total. The molecule has 0 amide bonds. The quantitative estimate of drug-likeness (QED) is 0.547. The number of hydrogen-bond donors (Lipinski definition) is 0. The predicted molar refractivity (Wildman–Crippen MR) is 74.8 cm³/mol. The number of esters is 1. The van der Waals surface area contributed by atoms with Crippen molar-refractivity contribution in [2.45, 2.75) is 52.1 Å². The van der Waals surface area contributed by atoms with Crippen LogP contribution in [-0.4, -0.2) is 12.1 Å². The number of carbonyl (C=O) groups is 1. The smallest absolute Gasteiger partial charge is 0.338 e. The van der Waals surface area contributed by atoms with E-state index in [0.717, 1.165) is 12.8 Å². The van der Waals surface area contributed by atoms with Crippen molar-refractivity contribution in [1.29, 1.82) is 5.26 Å². The van der Waals surface area contributed by atoms with Gasteiger partial charge < -0.3 is 4.74 Å². The Kier molecular flexibility index (Phi) is 6.67. The van der Waals surface area contributed by atoms with Gasteiger partial charge in [0.1, 0.15) is 0 Å². The fourth-order valence-electron chi connectivity index (χ4n) is 1.85. The van der Waals surface area contributed by atoms with Gasteiger partial charge in [0.25, 0.3) is 0 Å². The zero-order valence-corrected chi connectivity index (χ0v) is 11.7. The van der Waals surface area contributed by atoms with E-state index < -0.39 is 0 Å². The molecule has 0 spiro atoms. The van der Waals surface area contributed by atoms with Gasteiger partial charge in [-0.25, -0.2) is 4.79 Å². The van der Waals surface area contributed by atoms with Crippen molar-refractivity contribution in [2.75, 3.05) is 0 Å². The molecule has 0 aliphatic rings. The second kappa shape index (κ2) is 8.31. The number of hydrogen-bond acceptors (Lipinski definition) is 3. The molecule has 3 heteroatoms. The molecule has 0 aliphatic carbocycles. The van der Waals surface area contributed by atoms with Crippen LogP contribution in [0.25, 0.3) is 0 Å². The van der Waals surface area contributed by atoms with Crippen LogP contribution in [0.4, 0.5) is 0 Å². The van der Waals surface area contributed by atoms with Crippen LogP contribution in [0, 0.1) is 11.3 Å². The minimum atomic E-state index is -0.313. The lowest BCUT2D eigenvalue weighted by molar-refractivity contribution is 0.0319. The molecule has 0 saturated carbocycles. The molecule has 1 aromatic rings. The molecule has 0 N–H and O–H groups in total. The number of nitrogens with zero attached hydrogens (tertiary/aromatic N) is 1. The van der Waals surface area contributed by atoms with Crippen molar-refractivity contribution in [2.24, 2.45) is 0 Å². The zero-order chi connectivity index (χ0) is 14.1. The topological polar surface area (TPSA) is 50.1 Å². The maximum absolute atomic E-state index is 11.8. The van der Waals surface area contributed by atoms with E-state index in [0.29, 0.717) is 11.1 Å². The average Bonchev–Trinajstić information content (AvgIpc) is 2.43. The maximum atomic E-state index is 11.8. The Labute approximate surface area is 115 Å². The first-order chi connectivity index (χ1) is 9.17. The van der Waals surface area contributed by atoms with Crippen LogP contribution in [-0.2, 0) is 4.74 Å². The number of rotatable bonds is 7. The molecule has 0 aromatic heterocycles. The average molecular weight is 259 g/mol. The molecule has 1 rings (SSSR count). The highest BCUT2D eigenvalue weighted by Crippen LogP contribution is 2.11. The molecule has 0 radical (unpaired) electrons. The van der Waals surface area contributed by atoms with Crippen molar-refractivity contribution in [1.82, 2.24) is 0 Å². The maximum Gasteiger partial charge on any atom is 0.338 e. The predicted octanol–water partition coefficient (Wildman–Crippen LogP) is 4.07. The van der Waals surface area contributed by atoms with Gasteiger partial charge >= 0.3 is 5.97 Å². The van der Waals surface area contributed by atoms with Gasteiger partial charge in [-0.05, 0) is 44.0 Å². The first kappa shape index (κ1) is 15.2. The van der Waals surface area contributed by atoms with E-state index in [1.807, 2.05) is 13.0 Å². The Morgan fingerprint density at radius 3 is 2.53 bits per heavy atom. The van der Waals surface area contributed by atoms with Crippen LogP contribution in [0.5, 0.6) is 0 Å². The number of ether oxygens (including phenoxy) is 1. The molecule has 0 aliphatic heterocycles. The zero-order valence-electron chi connectivity index (χ0n) is 11.7. The fraction of sp³-hybridized carbons (Fsp3) is 0.500. The first-order valence-electron chi connectivity index (χ1n) is 6.88. The Morgan fingerprint density at radius 2 is 1.95 bits per heavy atom. The summed E-state index contributed by atoms with van der Waals surface area (Å²) in [5, 5.41) is 8.69. The van der Waals surface area contributed by atoms with Crippen LogP contribution in [0.3, 0.4) is 0 Å². The Balaban J connectivity index is 2.39. The van der Waals surface area contributed by atoms with Crippen molar-refractivity contribution >= 4 is 5.97 Å². The highest BCUT2D eigenvalue weighted by Gasteiger charge is 2.11. The summed E-state index contributed by atoms with van der Waals surface area (Å²) in [6, 6.07) is 8.54. The molecule has 0 bridgehead atoms. The summed E-state index contributed by atoms with van der Waals surface area (Å²) in [6.07, 6.45) is 5.57. The van der Waals surface area contributed by atoms with Crippen molar-refractivity contribution in [3.05, 3.63) is 35.4 Å². The largest absolute Gasteiger partial charge is 0.459 e. The van der Waals surface area contributed by atoms with Gasteiger partial charge in [-0.3, -0.25) is 0 Å². The Bertz CT molecular complexity index is 431. The van der Waals surface area contributed by atoms with Crippen molar-refractivity contribution in [3.8, 4) is 6.07 Å². The third kappa shape index (κ3) is 5.56. The number of nitriles is 1. The monoisotopic (exact) mass is 259 g/mol. The van der Waals surface area contributed by atoms with Crippen LogP contribution in [0.15, 0.2) is 24.3 Å². The van der Waals surface area contributed by atoms with Crippen LogP contribution in [0.2, 0.25) is 0 Å². The van der Waals surface area contributed by atoms with E-state index in [4.69, 9.17) is 10.00 Å². The Morgan fingerprint density at radius 1 is 1.26 bits per heavy atom. The molecule has 19 heavy (non-hydrogen) atoms. The molecular weight excluding hydrogens is 238 g/mol. The highest BCUT2D eigenvalue weighted by molar-refractivity contribution is 5.89. The summed E-state index contributed by atoms with van der Waals surface area (Å²) in [4.78, 5) is 11.8. The van der Waals surface area contributed by atoms with Gasteiger partial charge in [0.05, 0.1) is 23.3 Å². The summed E-state index contributed by atoms with van der Waals surface area (Å²) in [6.45, 7) is 4.10. The lowest BCUT2D eigenvalue weighted by Crippen LogP contribution is -2.15. The summed E-state index contributed by atoms with van der Waals surface area (Å²) < 4.78 is 5.37. The SMILES string of the molecule is CCCCCCC(C)OC(=O)c1ccc(C#N)cc1. The van der Waals surface area contributed by atoms with E-state index >= 15 is 0 Å². The van der Waals surface area contributed by atoms with Gasteiger partial charge in [-0.1, -0.05) is 26.2 Å². The van der Waals surface area contributed by atoms with E-state index in [1.54, 1.807) is 24.3 Å². The van der Waals surface area contributed by atoms with Gasteiger partial charge in [0, 0.05) is 0 Å². The summed E-state index contributed by atoms with van der Waals surface area (Å²) in [7, 11) is 0. The molecule has 1 atom stereocenters. The van der Waals surface area contributed by atoms with Gasteiger partial charge in [0.15, 0.2) is 0 Å². The van der Waals surface area contributed by atoms with E-state index in [9.17, 15) is 4.79 Å². The lowest BCUT2D eigenvalue weighted by Gasteiger charge is -2.13. The Hall–Kier alpha value is -1.82. The van der Waals surface area contributed by atoms with Crippen LogP contribution >= 0.6 is 0 Å².